The van der Waals surface area contributed by atoms with E-state index >= 15 is 0 Å². The molecule has 0 radical (unpaired) electrons. The van der Waals surface area contributed by atoms with Crippen molar-refractivity contribution in [2.45, 2.75) is 11.6 Å². The molecular weight excluding hydrogens is 613 g/mol. The molecule has 0 amide bonds. The normalized spacial score (nSPS) is 16.1. The second-order valence-electron chi connectivity index (χ2n) is 12.7. The second-order valence-corrected chi connectivity index (χ2v) is 12.7. The Kier molecular flexibility index (Phi) is 6.39. The number of hydrogen-bond donors (Lipinski definition) is 1. The first-order valence-corrected chi connectivity index (χ1v) is 16.9. The maximum Gasteiger partial charge on any atom is 0.169 e. The summed E-state index contributed by atoms with van der Waals surface area (Å²) in [4.78, 5) is 14.9. The topological polar surface area (TPSA) is 58.9 Å². The summed E-state index contributed by atoms with van der Waals surface area (Å²) in [6.07, 6.45) is 1.36. The highest BCUT2D eigenvalue weighted by Crippen LogP contribution is 2.63. The van der Waals surface area contributed by atoms with Crippen molar-refractivity contribution in [3.8, 4) is 33.8 Å². The van der Waals surface area contributed by atoms with Crippen molar-refractivity contribution < 1.29 is 4.74 Å². The van der Waals surface area contributed by atoms with Gasteiger partial charge in [-0.3, -0.25) is 4.98 Å². The van der Waals surface area contributed by atoms with Gasteiger partial charge < -0.3 is 10.1 Å². The molecule has 50 heavy (non-hydrogen) atoms. The molecule has 1 unspecified atom stereocenters. The molecule has 236 valence electrons. The Morgan fingerprint density at radius 3 is 1.78 bits per heavy atom. The fourth-order valence-electron chi connectivity index (χ4n) is 8.01. The van der Waals surface area contributed by atoms with Crippen molar-refractivity contribution in [1.29, 1.82) is 0 Å². The monoisotopic (exact) mass is 642 g/mol. The Morgan fingerprint density at radius 2 is 1.04 bits per heavy atom. The lowest BCUT2D eigenvalue weighted by Gasteiger charge is -2.40. The largest absolute Gasteiger partial charge is 0.456 e. The predicted octanol–water partition coefficient (Wildman–Crippen LogP) is 9.71. The van der Waals surface area contributed by atoms with Gasteiger partial charge in [0.05, 0.1) is 5.41 Å². The van der Waals surface area contributed by atoms with Crippen molar-refractivity contribution in [3.63, 3.8) is 0 Å². The highest BCUT2D eigenvalue weighted by Gasteiger charge is 2.51. The Morgan fingerprint density at radius 1 is 0.460 bits per heavy atom. The van der Waals surface area contributed by atoms with Gasteiger partial charge in [0.1, 0.15) is 23.0 Å². The number of aliphatic imine (C=N–C) groups is 2. The molecule has 1 aliphatic carbocycles. The van der Waals surface area contributed by atoms with Gasteiger partial charge in [-0.2, -0.15) is 0 Å². The van der Waals surface area contributed by atoms with E-state index < -0.39 is 11.6 Å². The Labute approximate surface area is 290 Å². The summed E-state index contributed by atoms with van der Waals surface area (Å²) in [5, 5.41) is 3.56. The first kappa shape index (κ1) is 28.4. The van der Waals surface area contributed by atoms with Crippen molar-refractivity contribution >= 4 is 11.7 Å². The van der Waals surface area contributed by atoms with E-state index in [9.17, 15) is 0 Å². The van der Waals surface area contributed by atoms with E-state index in [-0.39, 0.29) is 0 Å². The number of nitrogens with zero attached hydrogens (tertiary/aromatic N) is 3. The zero-order valence-electron chi connectivity index (χ0n) is 27.0. The fraction of sp³-hybridized carbons (Fsp3) is 0.0444. The number of rotatable bonds is 4. The summed E-state index contributed by atoms with van der Waals surface area (Å²) < 4.78 is 7.01. The maximum atomic E-state index is 7.01. The van der Waals surface area contributed by atoms with Crippen LogP contribution in [0.25, 0.3) is 22.3 Å². The average Bonchev–Trinajstić information content (AvgIpc) is 3.49. The Hall–Kier alpha value is -6.59. The second kappa shape index (κ2) is 11.2. The van der Waals surface area contributed by atoms with Crippen molar-refractivity contribution in [2.75, 3.05) is 0 Å². The molecule has 5 heteroatoms. The molecule has 1 N–H and O–H groups in total. The average molecular weight is 643 g/mol. The van der Waals surface area contributed by atoms with Crippen LogP contribution in [0.1, 0.15) is 45.2 Å². The van der Waals surface area contributed by atoms with E-state index in [1.807, 2.05) is 36.4 Å². The third kappa shape index (κ3) is 4.17. The van der Waals surface area contributed by atoms with E-state index in [0.29, 0.717) is 5.84 Å². The minimum Gasteiger partial charge on any atom is -0.456 e. The number of fused-ring (bicyclic) bond motifs is 9. The highest BCUT2D eigenvalue weighted by molar-refractivity contribution is 6.17. The maximum absolute atomic E-state index is 7.01. The molecule has 7 aromatic rings. The van der Waals surface area contributed by atoms with Crippen LogP contribution in [0.3, 0.4) is 0 Å². The van der Waals surface area contributed by atoms with Crippen molar-refractivity contribution in [3.05, 3.63) is 209 Å². The standard InChI is InChI=1S/C45H30N4O/c1-2-15-29(16-3-1)42-47-43(49-44(48-42)39-26-12-13-28-46-39)34-20-5-4-17-30(34)33-21-14-25-38-41(33)50-40-27-11-10-24-37(40)45(38)35-22-8-6-18-31(35)32-19-7-9-23-36(32)45/h1-28,42H,(H,47,48,49). The number of ether oxygens (including phenoxy) is 1. The zero-order chi connectivity index (χ0) is 33.1. The van der Waals surface area contributed by atoms with Gasteiger partial charge in [0.2, 0.25) is 0 Å². The first-order valence-electron chi connectivity index (χ1n) is 16.9. The lowest BCUT2D eigenvalue weighted by atomic mass is 9.65. The molecule has 0 saturated carbocycles. The fourth-order valence-corrected chi connectivity index (χ4v) is 8.01. The lowest BCUT2D eigenvalue weighted by molar-refractivity contribution is 0.438. The van der Waals surface area contributed by atoms with E-state index in [1.165, 1.54) is 22.3 Å². The minimum absolute atomic E-state index is 0.430. The minimum atomic E-state index is -0.542. The highest BCUT2D eigenvalue weighted by atomic mass is 16.5. The molecule has 2 aliphatic heterocycles. The van der Waals surface area contributed by atoms with Gasteiger partial charge >= 0.3 is 0 Å². The number of para-hydroxylation sites is 2. The predicted molar refractivity (Wildman–Crippen MR) is 199 cm³/mol. The quantitative estimate of drug-likeness (QED) is 0.208. The number of aromatic nitrogens is 1. The smallest absolute Gasteiger partial charge is 0.169 e. The number of amidine groups is 2. The van der Waals surface area contributed by atoms with E-state index in [4.69, 9.17) is 14.7 Å². The molecule has 10 rings (SSSR count). The zero-order valence-corrected chi connectivity index (χ0v) is 27.0. The van der Waals surface area contributed by atoms with Crippen LogP contribution in [0.15, 0.2) is 180 Å². The number of benzene rings is 6. The summed E-state index contributed by atoms with van der Waals surface area (Å²) in [5.74, 6) is 3.11. The van der Waals surface area contributed by atoms with Gasteiger partial charge in [0.15, 0.2) is 12.0 Å². The molecule has 1 spiro atoms. The van der Waals surface area contributed by atoms with E-state index in [1.54, 1.807) is 6.20 Å². The van der Waals surface area contributed by atoms with Gasteiger partial charge in [-0.05, 0) is 51.6 Å². The molecule has 3 heterocycles. The third-order valence-corrected chi connectivity index (χ3v) is 10.1. The van der Waals surface area contributed by atoms with Crippen LogP contribution >= 0.6 is 0 Å². The number of hydrogen-bond acceptors (Lipinski definition) is 5. The molecule has 0 saturated heterocycles. The Bertz CT molecular complexity index is 2460. The molecule has 5 nitrogen and oxygen atoms in total. The molecule has 0 fully saturated rings. The Balaban J connectivity index is 1.19. The molecular formula is C45H30N4O. The summed E-state index contributed by atoms with van der Waals surface area (Å²) in [5.41, 5.74) is 11.5. The van der Waals surface area contributed by atoms with Crippen LogP contribution in [0.5, 0.6) is 11.5 Å². The summed E-state index contributed by atoms with van der Waals surface area (Å²) in [7, 11) is 0. The van der Waals surface area contributed by atoms with E-state index in [2.05, 4.69) is 138 Å². The van der Waals surface area contributed by atoms with E-state index in [0.717, 1.165) is 56.4 Å². The first-order chi connectivity index (χ1) is 24.8. The van der Waals surface area contributed by atoms with Crippen LogP contribution in [0.4, 0.5) is 0 Å². The summed E-state index contributed by atoms with van der Waals surface area (Å²) in [6, 6.07) is 57.2. The molecule has 1 atom stereocenters. The van der Waals surface area contributed by atoms with Crippen LogP contribution in [-0.4, -0.2) is 16.7 Å². The van der Waals surface area contributed by atoms with Gasteiger partial charge in [-0.1, -0.05) is 146 Å². The van der Waals surface area contributed by atoms with Gasteiger partial charge in [0.25, 0.3) is 0 Å². The molecule has 0 bridgehead atoms. The van der Waals surface area contributed by atoms with Gasteiger partial charge in [-0.25, -0.2) is 9.98 Å². The third-order valence-electron chi connectivity index (χ3n) is 10.1. The van der Waals surface area contributed by atoms with Crippen LogP contribution in [0, 0.1) is 0 Å². The summed E-state index contributed by atoms with van der Waals surface area (Å²) in [6.45, 7) is 0. The SMILES string of the molecule is c1ccc(C2N=C(c3ccccn3)NC(c3ccccc3-c3cccc4c3Oc3ccccc3C43c4ccccc4-c4ccccc43)=N2)cc1. The van der Waals surface area contributed by atoms with Crippen molar-refractivity contribution in [1.82, 2.24) is 10.3 Å². The van der Waals surface area contributed by atoms with Gasteiger partial charge in [0, 0.05) is 28.5 Å². The lowest BCUT2D eigenvalue weighted by Crippen LogP contribution is -2.36. The number of pyridine rings is 1. The summed E-state index contributed by atoms with van der Waals surface area (Å²) >= 11 is 0. The molecule has 3 aliphatic rings. The molecule has 6 aromatic carbocycles. The van der Waals surface area contributed by atoms with Gasteiger partial charge in [-0.15, -0.1) is 0 Å². The van der Waals surface area contributed by atoms with Crippen LogP contribution < -0.4 is 10.1 Å². The number of nitrogens with one attached hydrogen (secondary N) is 1. The van der Waals surface area contributed by atoms with Crippen LogP contribution in [0.2, 0.25) is 0 Å². The molecule has 1 aromatic heterocycles. The van der Waals surface area contributed by atoms with Crippen molar-refractivity contribution in [2.24, 2.45) is 9.98 Å². The van der Waals surface area contributed by atoms with Crippen LogP contribution in [-0.2, 0) is 5.41 Å².